The molecule has 0 aliphatic rings. The maximum absolute atomic E-state index is 12.1. The number of fused-ring (bicyclic) bond motifs is 1. The van der Waals surface area contributed by atoms with E-state index in [9.17, 15) is 27.6 Å². The lowest BCUT2D eigenvalue weighted by Crippen LogP contribution is -2.33. The first-order valence-corrected chi connectivity index (χ1v) is 9.06. The van der Waals surface area contributed by atoms with Crippen LogP contribution in [0.15, 0.2) is 57.7 Å². The molecule has 0 aliphatic heterocycles. The van der Waals surface area contributed by atoms with E-state index in [0.29, 0.717) is 29.8 Å². The molecule has 158 valence electrons. The van der Waals surface area contributed by atoms with E-state index < -0.39 is 24.4 Å². The summed E-state index contributed by atoms with van der Waals surface area (Å²) in [5, 5.41) is 4.41. The molecule has 0 bridgehead atoms. The van der Waals surface area contributed by atoms with Gasteiger partial charge in [0.25, 0.3) is 5.91 Å². The summed E-state index contributed by atoms with van der Waals surface area (Å²) in [7, 11) is 0. The van der Waals surface area contributed by atoms with Crippen LogP contribution in [-0.2, 0) is 11.3 Å². The Labute approximate surface area is 168 Å². The lowest BCUT2D eigenvalue weighted by atomic mass is 10.2. The number of rotatable bonds is 7. The number of alkyl halides is 3. The quantitative estimate of drug-likeness (QED) is 0.612. The number of halogens is 3. The highest BCUT2D eigenvalue weighted by Gasteiger charge is 2.27. The van der Waals surface area contributed by atoms with Crippen LogP contribution in [0, 0.1) is 0 Å². The summed E-state index contributed by atoms with van der Waals surface area (Å²) in [6, 6.07) is 12.5. The summed E-state index contributed by atoms with van der Waals surface area (Å²) < 4.78 is 43.0. The van der Waals surface area contributed by atoms with E-state index in [1.807, 2.05) is 0 Å². The Morgan fingerprint density at radius 1 is 1.03 bits per heavy atom. The van der Waals surface area contributed by atoms with Crippen LogP contribution in [0.2, 0.25) is 0 Å². The van der Waals surface area contributed by atoms with Crippen LogP contribution in [0.5, 0.6) is 0 Å². The van der Waals surface area contributed by atoms with Gasteiger partial charge in [-0.2, -0.15) is 13.2 Å². The molecule has 1 aromatic heterocycles. The number of aryl methyl sites for hydroxylation is 1. The number of aromatic nitrogens is 1. The fourth-order valence-electron chi connectivity index (χ4n) is 2.83. The van der Waals surface area contributed by atoms with Crippen molar-refractivity contribution in [1.29, 1.82) is 0 Å². The molecule has 0 unspecified atom stereocenters. The molecular formula is C20H18F3N3O4. The molecule has 3 aromatic rings. The topological polar surface area (TPSA) is 93.3 Å². The number of hydrogen-bond acceptors (Lipinski definition) is 4. The number of nitrogens with one attached hydrogen (secondary N) is 2. The molecule has 0 spiro atoms. The van der Waals surface area contributed by atoms with Crippen LogP contribution < -0.4 is 16.4 Å². The van der Waals surface area contributed by atoms with Gasteiger partial charge in [0, 0.05) is 24.2 Å². The second kappa shape index (κ2) is 8.85. The smallest absolute Gasteiger partial charge is 0.408 e. The monoisotopic (exact) mass is 421 g/mol. The molecule has 0 atom stereocenters. The summed E-state index contributed by atoms with van der Waals surface area (Å²) in [5.74, 6) is -1.65. The van der Waals surface area contributed by atoms with Crippen LogP contribution in [0.1, 0.15) is 23.2 Å². The maximum Gasteiger partial charge on any atom is 0.419 e. The van der Waals surface area contributed by atoms with Gasteiger partial charge in [0.15, 0.2) is 5.58 Å². The number of carbonyl (C=O) groups excluding carboxylic acids is 2. The van der Waals surface area contributed by atoms with Crippen molar-refractivity contribution >= 4 is 28.6 Å². The third-order valence-corrected chi connectivity index (χ3v) is 4.24. The number of para-hydroxylation sites is 2. The molecule has 7 nitrogen and oxygen atoms in total. The van der Waals surface area contributed by atoms with E-state index in [4.69, 9.17) is 4.42 Å². The number of anilines is 1. The van der Waals surface area contributed by atoms with Gasteiger partial charge in [0.05, 0.1) is 5.52 Å². The summed E-state index contributed by atoms with van der Waals surface area (Å²) >= 11 is 0. The van der Waals surface area contributed by atoms with E-state index in [-0.39, 0.29) is 17.9 Å². The number of oxazole rings is 1. The van der Waals surface area contributed by atoms with E-state index in [1.54, 1.807) is 29.6 Å². The number of nitrogens with zero attached hydrogens (tertiary/aromatic N) is 1. The maximum atomic E-state index is 12.1. The molecule has 2 aromatic carbocycles. The Morgan fingerprint density at radius 3 is 2.43 bits per heavy atom. The average Bonchev–Trinajstić information content (AvgIpc) is 3.01. The Bertz CT molecular complexity index is 1100. The fourth-order valence-corrected chi connectivity index (χ4v) is 2.83. The minimum absolute atomic E-state index is 0.0449. The SMILES string of the molecule is O=C(CCCn1c(=O)oc2ccccc21)Nc1ccc(C(=O)NCC(F)(F)F)cc1. The second-order valence-corrected chi connectivity index (χ2v) is 6.51. The molecule has 2 amide bonds. The number of amides is 2. The van der Waals surface area contributed by atoms with Crippen LogP contribution in [0.4, 0.5) is 18.9 Å². The highest BCUT2D eigenvalue weighted by molar-refractivity contribution is 5.95. The van der Waals surface area contributed by atoms with Gasteiger partial charge < -0.3 is 15.1 Å². The van der Waals surface area contributed by atoms with Gasteiger partial charge in [0.1, 0.15) is 6.54 Å². The van der Waals surface area contributed by atoms with Crippen molar-refractivity contribution < 1.29 is 27.2 Å². The second-order valence-electron chi connectivity index (χ2n) is 6.51. The van der Waals surface area contributed by atoms with Crippen LogP contribution in [0.3, 0.4) is 0 Å². The first-order chi connectivity index (χ1) is 14.2. The molecule has 0 radical (unpaired) electrons. The van der Waals surface area contributed by atoms with E-state index in [1.165, 1.54) is 28.8 Å². The summed E-state index contributed by atoms with van der Waals surface area (Å²) in [4.78, 5) is 35.7. The molecule has 0 saturated heterocycles. The van der Waals surface area contributed by atoms with Crippen molar-refractivity contribution in [2.24, 2.45) is 0 Å². The number of hydrogen-bond donors (Lipinski definition) is 2. The number of benzene rings is 2. The standard InChI is InChI=1S/C20H18F3N3O4/c21-20(22,23)12-24-18(28)13-7-9-14(10-8-13)25-17(27)6-3-11-26-15-4-1-2-5-16(15)30-19(26)29/h1-2,4-5,7-10H,3,6,11-12H2,(H,24,28)(H,25,27). The first kappa shape index (κ1) is 21.2. The zero-order valence-electron chi connectivity index (χ0n) is 15.7. The predicted molar refractivity (Wildman–Crippen MR) is 103 cm³/mol. The van der Waals surface area contributed by atoms with Gasteiger partial charge in [-0.15, -0.1) is 0 Å². The van der Waals surface area contributed by atoms with E-state index >= 15 is 0 Å². The molecule has 0 aliphatic carbocycles. The average molecular weight is 421 g/mol. The number of carbonyl (C=O) groups is 2. The van der Waals surface area contributed by atoms with Crippen molar-refractivity contribution in [3.05, 3.63) is 64.6 Å². The minimum atomic E-state index is -4.49. The van der Waals surface area contributed by atoms with Gasteiger partial charge in [0.2, 0.25) is 5.91 Å². The fraction of sp³-hybridized carbons (Fsp3) is 0.250. The van der Waals surface area contributed by atoms with E-state index in [2.05, 4.69) is 5.32 Å². The summed E-state index contributed by atoms with van der Waals surface area (Å²) in [6.45, 7) is -1.11. The van der Waals surface area contributed by atoms with Crippen LogP contribution in [-0.4, -0.2) is 29.1 Å². The third-order valence-electron chi connectivity index (χ3n) is 4.24. The zero-order chi connectivity index (χ0) is 21.7. The van der Waals surface area contributed by atoms with Gasteiger partial charge in [-0.25, -0.2) is 4.79 Å². The van der Waals surface area contributed by atoms with Gasteiger partial charge in [-0.3, -0.25) is 14.2 Å². The van der Waals surface area contributed by atoms with E-state index in [0.717, 1.165) is 0 Å². The Morgan fingerprint density at radius 2 is 1.73 bits per heavy atom. The normalized spacial score (nSPS) is 11.4. The minimum Gasteiger partial charge on any atom is -0.408 e. The molecule has 0 saturated carbocycles. The van der Waals surface area contributed by atoms with Crippen molar-refractivity contribution in [2.75, 3.05) is 11.9 Å². The lowest BCUT2D eigenvalue weighted by molar-refractivity contribution is -0.123. The molecule has 30 heavy (non-hydrogen) atoms. The van der Waals surface area contributed by atoms with Gasteiger partial charge in [-0.05, 0) is 42.8 Å². The molecule has 2 N–H and O–H groups in total. The Balaban J connectivity index is 1.49. The van der Waals surface area contributed by atoms with Crippen LogP contribution in [0.25, 0.3) is 11.1 Å². The van der Waals surface area contributed by atoms with Crippen LogP contribution >= 0.6 is 0 Å². The van der Waals surface area contributed by atoms with Crippen molar-refractivity contribution in [1.82, 2.24) is 9.88 Å². The predicted octanol–water partition coefficient (Wildman–Crippen LogP) is 3.31. The highest BCUT2D eigenvalue weighted by atomic mass is 19.4. The summed E-state index contributed by atoms with van der Waals surface area (Å²) in [5.41, 5.74) is 1.58. The summed E-state index contributed by atoms with van der Waals surface area (Å²) in [6.07, 6.45) is -3.95. The Kier molecular flexibility index (Phi) is 6.24. The first-order valence-electron chi connectivity index (χ1n) is 9.06. The third kappa shape index (κ3) is 5.49. The lowest BCUT2D eigenvalue weighted by Gasteiger charge is -2.09. The molecule has 0 fully saturated rings. The van der Waals surface area contributed by atoms with Crippen molar-refractivity contribution in [2.45, 2.75) is 25.6 Å². The van der Waals surface area contributed by atoms with Crippen molar-refractivity contribution in [3.8, 4) is 0 Å². The largest absolute Gasteiger partial charge is 0.419 e. The molecule has 10 heteroatoms. The molecular weight excluding hydrogens is 403 g/mol. The van der Waals surface area contributed by atoms with Gasteiger partial charge in [-0.1, -0.05) is 12.1 Å². The zero-order valence-corrected chi connectivity index (χ0v) is 15.7. The van der Waals surface area contributed by atoms with Crippen molar-refractivity contribution in [3.63, 3.8) is 0 Å². The molecule has 1 heterocycles. The molecule has 3 rings (SSSR count). The highest BCUT2D eigenvalue weighted by Crippen LogP contribution is 2.15. The van der Waals surface area contributed by atoms with Gasteiger partial charge >= 0.3 is 11.9 Å². The Hall–Kier alpha value is -3.56.